The van der Waals surface area contributed by atoms with Crippen molar-refractivity contribution < 1.29 is 4.42 Å². The molecule has 45 heavy (non-hydrogen) atoms. The highest BCUT2D eigenvalue weighted by atomic mass is 16.3. The van der Waals surface area contributed by atoms with Crippen molar-refractivity contribution in [2.24, 2.45) is 0 Å². The van der Waals surface area contributed by atoms with Crippen LogP contribution in [0.3, 0.4) is 0 Å². The van der Waals surface area contributed by atoms with Gasteiger partial charge in [0, 0.05) is 27.2 Å². The highest BCUT2D eigenvalue weighted by molar-refractivity contribution is 6.12. The molecule has 7 aromatic carbocycles. The largest absolute Gasteiger partial charge is 0.456 e. The highest BCUT2D eigenvalue weighted by Crippen LogP contribution is 2.39. The summed E-state index contributed by atoms with van der Waals surface area (Å²) >= 11 is 0. The van der Waals surface area contributed by atoms with E-state index in [0.717, 1.165) is 22.2 Å². The van der Waals surface area contributed by atoms with Gasteiger partial charge in [-0.1, -0.05) is 103 Å². The normalized spacial score (nSPS) is 11.7. The number of fused-ring (bicyclic) bond motifs is 6. The van der Waals surface area contributed by atoms with Crippen molar-refractivity contribution in [3.05, 3.63) is 163 Å². The van der Waals surface area contributed by atoms with E-state index < -0.39 is 0 Å². The molecule has 9 rings (SSSR count). The fraction of sp³-hybridized carbons (Fsp3) is 0.0233. The average molecular weight is 576 g/mol. The van der Waals surface area contributed by atoms with Gasteiger partial charge in [0.15, 0.2) is 0 Å². The fourth-order valence-corrected chi connectivity index (χ4v) is 6.95. The lowest BCUT2D eigenvalue weighted by Gasteiger charge is -2.14. The van der Waals surface area contributed by atoms with Crippen LogP contribution in [0.5, 0.6) is 0 Å². The second-order valence-electron chi connectivity index (χ2n) is 11.8. The molecule has 2 aromatic heterocycles. The van der Waals surface area contributed by atoms with Gasteiger partial charge in [-0.15, -0.1) is 0 Å². The lowest BCUT2D eigenvalue weighted by molar-refractivity contribution is 0.669. The smallest absolute Gasteiger partial charge is 0.135 e. The van der Waals surface area contributed by atoms with Gasteiger partial charge in [0.1, 0.15) is 11.2 Å². The van der Waals surface area contributed by atoms with Crippen LogP contribution in [-0.2, 0) is 0 Å². The number of benzene rings is 7. The van der Waals surface area contributed by atoms with Crippen LogP contribution in [-0.4, -0.2) is 4.57 Å². The zero-order valence-corrected chi connectivity index (χ0v) is 24.9. The Labute approximate surface area is 261 Å². The van der Waals surface area contributed by atoms with Gasteiger partial charge in [0.25, 0.3) is 0 Å². The molecule has 0 unspecified atom stereocenters. The van der Waals surface area contributed by atoms with E-state index in [1.54, 1.807) is 0 Å². The summed E-state index contributed by atoms with van der Waals surface area (Å²) in [5.74, 6) is 0. The maximum Gasteiger partial charge on any atom is 0.135 e. The van der Waals surface area contributed by atoms with Gasteiger partial charge >= 0.3 is 0 Å². The molecule has 0 aliphatic heterocycles. The van der Waals surface area contributed by atoms with Crippen LogP contribution in [0.25, 0.3) is 82.8 Å². The summed E-state index contributed by atoms with van der Waals surface area (Å²) in [6.07, 6.45) is 0. The molecule has 0 fully saturated rings. The molecular weight excluding hydrogens is 546 g/mol. The summed E-state index contributed by atoms with van der Waals surface area (Å²) in [7, 11) is 0. The summed E-state index contributed by atoms with van der Waals surface area (Å²) in [5.41, 5.74) is 13.8. The van der Waals surface area contributed by atoms with E-state index in [2.05, 4.69) is 169 Å². The van der Waals surface area contributed by atoms with Crippen LogP contribution in [0.2, 0.25) is 0 Å². The zero-order chi connectivity index (χ0) is 29.9. The summed E-state index contributed by atoms with van der Waals surface area (Å²) in [6, 6.07) is 56.8. The lowest BCUT2D eigenvalue weighted by Crippen LogP contribution is -1.96. The SMILES string of the molecule is Cc1cccc2oc3ccc(-c4ccc5c(c4)c4ccccc4n5-c4cc(-c5ccccc5)cc(-c5ccccc5)c4)cc3c12. The third kappa shape index (κ3) is 4.18. The van der Waals surface area contributed by atoms with Gasteiger partial charge in [0.2, 0.25) is 0 Å². The number of para-hydroxylation sites is 1. The Morgan fingerprint density at radius 2 is 1.02 bits per heavy atom. The predicted molar refractivity (Wildman–Crippen MR) is 189 cm³/mol. The van der Waals surface area contributed by atoms with Crippen molar-refractivity contribution in [1.29, 1.82) is 0 Å². The maximum atomic E-state index is 6.18. The number of aromatic nitrogens is 1. The third-order valence-electron chi connectivity index (χ3n) is 9.10. The molecule has 212 valence electrons. The minimum atomic E-state index is 0.924. The van der Waals surface area contributed by atoms with Gasteiger partial charge in [-0.25, -0.2) is 0 Å². The van der Waals surface area contributed by atoms with Crippen molar-refractivity contribution >= 4 is 43.7 Å². The van der Waals surface area contributed by atoms with Crippen molar-refractivity contribution in [3.8, 4) is 39.1 Å². The second kappa shape index (κ2) is 10.1. The third-order valence-corrected chi connectivity index (χ3v) is 9.10. The van der Waals surface area contributed by atoms with Crippen LogP contribution >= 0.6 is 0 Å². The number of rotatable bonds is 4. The standard InChI is InChI=1S/C43H29NO/c1-28-11-10-18-42-43(28)38-27-32(20-22-41(38)45-42)31-19-21-40-37(26-31)36-16-8-9-17-39(36)44(40)35-24-33(29-12-4-2-5-13-29)23-34(25-35)30-14-6-3-7-15-30/h2-27H,1H3. The first-order chi connectivity index (χ1) is 22.2. The number of nitrogens with zero attached hydrogens (tertiary/aromatic N) is 1. The van der Waals surface area contributed by atoms with E-state index in [1.165, 1.54) is 66.1 Å². The van der Waals surface area contributed by atoms with Crippen molar-refractivity contribution in [1.82, 2.24) is 4.57 Å². The van der Waals surface area contributed by atoms with Crippen LogP contribution in [0.4, 0.5) is 0 Å². The molecule has 9 aromatic rings. The Morgan fingerprint density at radius 3 is 1.76 bits per heavy atom. The molecule has 0 amide bonds. The summed E-state index contributed by atoms with van der Waals surface area (Å²) in [4.78, 5) is 0. The second-order valence-corrected chi connectivity index (χ2v) is 11.8. The van der Waals surface area contributed by atoms with E-state index in [-0.39, 0.29) is 0 Å². The highest BCUT2D eigenvalue weighted by Gasteiger charge is 2.16. The molecule has 0 bridgehead atoms. The van der Waals surface area contributed by atoms with Crippen molar-refractivity contribution in [2.75, 3.05) is 0 Å². The molecule has 2 heteroatoms. The number of aryl methyl sites for hydroxylation is 1. The first kappa shape index (κ1) is 25.6. The molecule has 0 radical (unpaired) electrons. The van der Waals surface area contributed by atoms with Crippen molar-refractivity contribution in [2.45, 2.75) is 6.92 Å². The van der Waals surface area contributed by atoms with Crippen molar-refractivity contribution in [3.63, 3.8) is 0 Å². The zero-order valence-electron chi connectivity index (χ0n) is 24.9. The minimum absolute atomic E-state index is 0.924. The number of hydrogen-bond acceptors (Lipinski definition) is 1. The first-order valence-electron chi connectivity index (χ1n) is 15.4. The van der Waals surface area contributed by atoms with Crippen LogP contribution in [0.15, 0.2) is 162 Å². The molecule has 2 nitrogen and oxygen atoms in total. The van der Waals surface area contributed by atoms with E-state index >= 15 is 0 Å². The summed E-state index contributed by atoms with van der Waals surface area (Å²) in [6.45, 7) is 2.15. The lowest BCUT2D eigenvalue weighted by atomic mass is 9.98. The van der Waals surface area contributed by atoms with Crippen LogP contribution in [0.1, 0.15) is 5.56 Å². The van der Waals surface area contributed by atoms with Crippen LogP contribution < -0.4 is 0 Å². The van der Waals surface area contributed by atoms with Gasteiger partial charge < -0.3 is 8.98 Å². The molecule has 0 spiro atoms. The fourth-order valence-electron chi connectivity index (χ4n) is 6.95. The maximum absolute atomic E-state index is 6.18. The molecule has 0 N–H and O–H groups in total. The van der Waals surface area contributed by atoms with E-state index in [9.17, 15) is 0 Å². The Bertz CT molecular complexity index is 2480. The first-order valence-corrected chi connectivity index (χ1v) is 15.4. The Kier molecular flexibility index (Phi) is 5.76. The quantitative estimate of drug-likeness (QED) is 0.204. The number of furan rings is 1. The molecule has 0 aliphatic rings. The Balaban J connectivity index is 1.27. The molecule has 0 saturated carbocycles. The molecule has 0 aliphatic carbocycles. The molecule has 0 atom stereocenters. The Morgan fingerprint density at radius 1 is 0.400 bits per heavy atom. The Hall–Kier alpha value is -5.86. The van der Waals surface area contributed by atoms with Gasteiger partial charge in [-0.2, -0.15) is 0 Å². The van der Waals surface area contributed by atoms with Crippen LogP contribution in [0, 0.1) is 6.92 Å². The van der Waals surface area contributed by atoms with E-state index in [1.807, 2.05) is 0 Å². The minimum Gasteiger partial charge on any atom is -0.456 e. The summed E-state index contributed by atoms with van der Waals surface area (Å²) in [5, 5.41) is 4.84. The van der Waals surface area contributed by atoms with E-state index in [4.69, 9.17) is 4.42 Å². The molecular formula is C43H29NO. The van der Waals surface area contributed by atoms with Gasteiger partial charge in [-0.3, -0.25) is 0 Å². The number of hydrogen-bond donors (Lipinski definition) is 0. The van der Waals surface area contributed by atoms with Gasteiger partial charge in [0.05, 0.1) is 11.0 Å². The van der Waals surface area contributed by atoms with Gasteiger partial charge in [-0.05, 0) is 100 Å². The summed E-state index contributed by atoms with van der Waals surface area (Å²) < 4.78 is 8.60. The predicted octanol–water partition coefficient (Wildman–Crippen LogP) is 12.0. The topological polar surface area (TPSA) is 18.1 Å². The average Bonchev–Trinajstić information content (AvgIpc) is 3.64. The molecule has 2 heterocycles. The van der Waals surface area contributed by atoms with E-state index in [0.29, 0.717) is 0 Å². The monoisotopic (exact) mass is 575 g/mol. The molecule has 0 saturated heterocycles.